The number of H-pyrrole nitrogens is 1. The van der Waals surface area contributed by atoms with Crippen molar-refractivity contribution in [1.82, 2.24) is 63.1 Å². The zero-order valence-corrected chi connectivity index (χ0v) is 63.5. The van der Waals surface area contributed by atoms with Crippen LogP contribution >= 0.6 is 23.5 Å². The topological polar surface area (TPSA) is 467 Å². The summed E-state index contributed by atoms with van der Waals surface area (Å²) in [6.45, 7) is 9.15. The van der Waals surface area contributed by atoms with Gasteiger partial charge >= 0.3 is 5.97 Å². The maximum Gasteiger partial charge on any atom is 0.344 e. The molecule has 1 aromatic heterocycles. The number of para-hydroxylation sites is 1. The van der Waals surface area contributed by atoms with E-state index in [2.05, 4.69) is 63.0 Å². The van der Waals surface area contributed by atoms with E-state index in [0.29, 0.717) is 88.7 Å². The van der Waals surface area contributed by atoms with Crippen LogP contribution in [0, 0.1) is 11.8 Å². The van der Waals surface area contributed by atoms with Gasteiger partial charge in [0.05, 0.1) is 26.7 Å². The summed E-state index contributed by atoms with van der Waals surface area (Å²) in [6, 6.07) is -0.726. The maximum absolute atomic E-state index is 15.3. The van der Waals surface area contributed by atoms with Crippen molar-refractivity contribution in [1.29, 1.82) is 0 Å². The molecule has 586 valence electrons. The van der Waals surface area contributed by atoms with E-state index < -0.39 is 156 Å². The van der Waals surface area contributed by atoms with E-state index in [1.54, 1.807) is 40.0 Å². The highest BCUT2D eigenvalue weighted by Gasteiger charge is 2.42. The maximum atomic E-state index is 15.3. The summed E-state index contributed by atoms with van der Waals surface area (Å²) in [4.78, 5) is 201. The van der Waals surface area contributed by atoms with Crippen molar-refractivity contribution >= 4 is 111 Å². The highest BCUT2D eigenvalue weighted by atomic mass is 32.2. The van der Waals surface area contributed by atoms with Gasteiger partial charge in [0.15, 0.2) is 0 Å². The van der Waals surface area contributed by atoms with E-state index in [1.807, 2.05) is 43.3 Å². The number of fused-ring (bicyclic) bond motifs is 7. The minimum absolute atomic E-state index is 0.0175. The third kappa shape index (κ3) is 27.7. The fourth-order valence-electron chi connectivity index (χ4n) is 12.7. The molecule has 0 spiro atoms. The molecule has 4 bridgehead atoms. The molecular formula is C73H111N15O16S2. The van der Waals surface area contributed by atoms with Crippen LogP contribution in [0.2, 0.25) is 0 Å². The third-order valence-electron chi connectivity index (χ3n) is 18.9. The number of aromatic nitrogens is 1. The van der Waals surface area contributed by atoms with Crippen molar-refractivity contribution in [3.8, 4) is 5.75 Å². The van der Waals surface area contributed by atoms with Crippen molar-refractivity contribution in [2.24, 2.45) is 29.0 Å². The monoisotopic (exact) mass is 1520 g/mol. The fourth-order valence-corrected chi connectivity index (χ4v) is 14.7. The second-order valence-corrected chi connectivity index (χ2v) is 29.6. The van der Waals surface area contributed by atoms with Crippen LogP contribution in [0.5, 0.6) is 5.75 Å². The van der Waals surface area contributed by atoms with Crippen molar-refractivity contribution in [2.45, 2.75) is 229 Å². The van der Waals surface area contributed by atoms with E-state index in [4.69, 9.17) is 26.8 Å². The minimum atomic E-state index is -1.79. The quantitative estimate of drug-likeness (QED) is 0.0436. The molecule has 0 saturated carbocycles. The molecule has 1 fully saturated rings. The molecule has 12 amide bonds. The molecule has 2 aromatic carbocycles. The van der Waals surface area contributed by atoms with E-state index >= 15 is 14.4 Å². The van der Waals surface area contributed by atoms with Gasteiger partial charge in [0, 0.05) is 59.5 Å². The van der Waals surface area contributed by atoms with Crippen molar-refractivity contribution in [2.75, 3.05) is 51.4 Å². The molecule has 17 N–H and O–H groups in total. The molecule has 0 radical (unpaired) electrons. The first-order valence-corrected chi connectivity index (χ1v) is 39.4. The van der Waals surface area contributed by atoms with Crippen LogP contribution < -0.4 is 75.1 Å². The highest BCUT2D eigenvalue weighted by molar-refractivity contribution is 7.98. The highest BCUT2D eigenvalue weighted by Crippen LogP contribution is 2.28. The lowest BCUT2D eigenvalue weighted by atomic mass is 9.96. The van der Waals surface area contributed by atoms with Crippen LogP contribution in [0.3, 0.4) is 0 Å². The van der Waals surface area contributed by atoms with Crippen LogP contribution in [0.4, 0.5) is 0 Å². The standard InChI is InChI=1S/C73H111N15O16S2/c1-7-9-22-52-66(94)82-55(36-61(91)104-102-6)69(97)87-63(44(5)8-2)72(100)83-54(35-47-37-77-50-23-14-13-21-49(47)50)68(96)86-62(43(3)4)71(99)81-53(25-16-18-29-75)67(95)84-56(64(76)92)41-105-39-45-32-46-34-48(33-45)103-31-19-11-10-12-27-59(89)78-38-60(90)79-51(24-15-17-28-74)65(93)85-57(42-106-40-46)73(101)88-30-20-26-58(88)70(98)80-52/h13-14,21,23,32-34,37,43-44,51-58,62-63,77H,7-12,15-20,22,24-31,35-36,38-42,74-75H2,1-6H3,(H2,76,92)(H,78,89)(H,79,90)(H,80,98)(H,81,99)(H,82,94)(H,83,100)(H,84,95)(H,85,93)(H,86,96)(H,87,97)/t44-,51-,52-,53-,54-,55-,56-,57-,58-,62?,63-/m0/s1. The number of amides is 12. The molecule has 0 aliphatic carbocycles. The molecule has 3 aliphatic rings. The van der Waals surface area contributed by atoms with Crippen molar-refractivity contribution < 1.29 is 76.8 Å². The van der Waals surface area contributed by atoms with E-state index in [9.17, 15) is 47.9 Å². The number of hydrogen-bond acceptors (Lipinski definition) is 20. The Morgan fingerprint density at radius 1 is 0.623 bits per heavy atom. The summed E-state index contributed by atoms with van der Waals surface area (Å²) in [6.07, 6.45) is 7.06. The summed E-state index contributed by atoms with van der Waals surface area (Å²) >= 11 is 2.57. The molecule has 33 heteroatoms. The zero-order chi connectivity index (χ0) is 77.2. The summed E-state index contributed by atoms with van der Waals surface area (Å²) in [7, 11) is 1.06. The van der Waals surface area contributed by atoms with Crippen LogP contribution in [-0.2, 0) is 90.0 Å². The number of thioether (sulfide) groups is 2. The molecule has 6 rings (SSSR count). The summed E-state index contributed by atoms with van der Waals surface area (Å²) in [5, 5.41) is 28.3. The number of nitrogens with two attached hydrogens (primary N) is 3. The van der Waals surface area contributed by atoms with Crippen LogP contribution in [-0.4, -0.2) is 199 Å². The molecule has 11 atom stereocenters. The van der Waals surface area contributed by atoms with Crippen LogP contribution in [0.15, 0.2) is 48.7 Å². The normalized spacial score (nSPS) is 24.6. The first-order chi connectivity index (χ1) is 50.9. The van der Waals surface area contributed by atoms with Gasteiger partial charge in [-0.05, 0) is 130 Å². The lowest BCUT2D eigenvalue weighted by Crippen LogP contribution is -2.62. The Bertz CT molecular complexity index is 3470. The molecule has 1 saturated heterocycles. The Morgan fingerprint density at radius 3 is 1.87 bits per heavy atom. The van der Waals surface area contributed by atoms with E-state index in [-0.39, 0.29) is 87.0 Å². The van der Waals surface area contributed by atoms with Gasteiger partial charge < -0.3 is 85.0 Å². The number of nitrogens with one attached hydrogen (secondary N) is 11. The SMILES string of the molecule is CCCC[C@@H]1NC(=O)[C@@H]2CCCN2C(=O)[C@@H]2CSCc3cc(cc(c3)OCCCCCCC(=O)NCC(=O)N[C@@H](CCCCN)C(=O)N2)CSC[C@@H](C(N)=O)NC(=O)[C@H](CCCCN)NC(=O)C(C(C)C)NC(=O)[C@H](Cc2c[nH]c3ccccc23)NC(=O)[C@H]([C@@H](C)CC)NC(=O)[C@H](CC(=O)OOC)NC1=O. The van der Waals surface area contributed by atoms with Gasteiger partial charge in [-0.2, -0.15) is 28.4 Å². The number of rotatable bonds is 20. The van der Waals surface area contributed by atoms with Gasteiger partial charge in [0.1, 0.15) is 66.2 Å². The second-order valence-electron chi connectivity index (χ2n) is 27.6. The predicted molar refractivity (Wildman–Crippen MR) is 401 cm³/mol. The molecule has 3 aliphatic heterocycles. The van der Waals surface area contributed by atoms with Gasteiger partial charge in [-0.25, -0.2) is 4.79 Å². The molecular weight excluding hydrogens is 1410 g/mol. The van der Waals surface area contributed by atoms with Crippen molar-refractivity contribution in [3.63, 3.8) is 0 Å². The zero-order valence-electron chi connectivity index (χ0n) is 61.9. The summed E-state index contributed by atoms with van der Waals surface area (Å²) in [5.74, 6) is -10.5. The minimum Gasteiger partial charge on any atom is -0.494 e. The Labute approximate surface area is 628 Å². The lowest BCUT2D eigenvalue weighted by molar-refractivity contribution is -0.255. The lowest BCUT2D eigenvalue weighted by Gasteiger charge is -2.31. The number of carbonyl (C=O) groups is 13. The molecule has 31 nitrogen and oxygen atoms in total. The summed E-state index contributed by atoms with van der Waals surface area (Å²) in [5.41, 5.74) is 20.6. The Kier molecular flexibility index (Phi) is 36.8. The number of nitrogens with zero attached hydrogens (tertiary/aromatic N) is 1. The predicted octanol–water partition coefficient (Wildman–Crippen LogP) is 1.83. The molecule has 4 heterocycles. The van der Waals surface area contributed by atoms with Gasteiger partial charge in [-0.3, -0.25) is 62.4 Å². The molecule has 3 aromatic rings. The van der Waals surface area contributed by atoms with Gasteiger partial charge in [0.25, 0.3) is 0 Å². The number of carbonyl (C=O) groups excluding carboxylic acids is 13. The number of hydrogen-bond donors (Lipinski definition) is 14. The number of aromatic amines is 1. The number of ether oxygens (including phenoxy) is 1. The fraction of sp³-hybridized carbons (Fsp3) is 0.630. The Hall–Kier alpha value is -8.53. The molecule has 106 heavy (non-hydrogen) atoms. The average molecular weight is 1520 g/mol. The first kappa shape index (κ1) is 86.4. The first-order valence-electron chi connectivity index (χ1n) is 37.1. The van der Waals surface area contributed by atoms with Crippen LogP contribution in [0.25, 0.3) is 10.9 Å². The number of primary amides is 1. The summed E-state index contributed by atoms with van der Waals surface area (Å²) < 4.78 is 6.34. The Morgan fingerprint density at radius 2 is 1.21 bits per heavy atom. The largest absolute Gasteiger partial charge is 0.494 e. The van der Waals surface area contributed by atoms with Crippen LogP contribution in [0.1, 0.15) is 167 Å². The van der Waals surface area contributed by atoms with E-state index in [1.165, 1.54) is 28.4 Å². The average Bonchev–Trinajstić information content (AvgIpc) is 1.62. The van der Waals surface area contributed by atoms with Gasteiger partial charge in [-0.1, -0.05) is 91.0 Å². The smallest absolute Gasteiger partial charge is 0.344 e. The number of unbranched alkanes of at least 4 members (excludes halogenated alkanes) is 3. The van der Waals surface area contributed by atoms with Crippen molar-refractivity contribution in [3.05, 3.63) is 65.4 Å². The second kappa shape index (κ2) is 45.2. The molecule has 1 unspecified atom stereocenters. The Balaban J connectivity index is 1.45. The third-order valence-corrected chi connectivity index (χ3v) is 21.1. The van der Waals surface area contributed by atoms with Gasteiger partial charge in [0.2, 0.25) is 70.9 Å². The van der Waals surface area contributed by atoms with E-state index in [0.717, 1.165) is 35.6 Å². The van der Waals surface area contributed by atoms with Gasteiger partial charge in [-0.15, -0.1) is 0 Å². The number of benzene rings is 2.